The Kier molecular flexibility index (Phi) is 5.88. The van der Waals surface area contributed by atoms with Crippen molar-refractivity contribution in [3.63, 3.8) is 0 Å². The molecule has 2 aromatic carbocycles. The summed E-state index contributed by atoms with van der Waals surface area (Å²) in [6, 6.07) is 11.9. The molecule has 4 N–H and O–H groups in total. The number of carbonyl (C=O) groups is 1. The molecule has 2 rings (SSSR count). The van der Waals surface area contributed by atoms with Crippen molar-refractivity contribution < 1.29 is 44.2 Å². The van der Waals surface area contributed by atoms with Crippen molar-refractivity contribution in [2.24, 2.45) is 0 Å². The smallest absolute Gasteiger partial charge is 0.550 e. The van der Waals surface area contributed by atoms with Crippen LogP contribution in [0.4, 0.5) is 11.4 Å². The van der Waals surface area contributed by atoms with E-state index in [-0.39, 0.29) is 41.7 Å². The van der Waals surface area contributed by atoms with Gasteiger partial charge in [-0.3, -0.25) is 0 Å². The maximum Gasteiger partial charge on any atom is 1.00 e. The van der Waals surface area contributed by atoms with Crippen LogP contribution in [0.3, 0.4) is 0 Å². The Morgan fingerprint density at radius 2 is 1.70 bits per heavy atom. The van der Waals surface area contributed by atoms with Crippen LogP contribution in [0.5, 0.6) is 11.5 Å². The molecule has 0 aliphatic carbocycles. The van der Waals surface area contributed by atoms with E-state index in [9.17, 15) is 9.90 Å². The summed E-state index contributed by atoms with van der Waals surface area (Å²) in [5.74, 6) is -0.348. The maximum absolute atomic E-state index is 10.6. The summed E-state index contributed by atoms with van der Waals surface area (Å²) >= 11 is 0. The average Bonchev–Trinajstić information content (AvgIpc) is 2.36. The Morgan fingerprint density at radius 1 is 1.05 bits per heavy atom. The van der Waals surface area contributed by atoms with Gasteiger partial charge in [0, 0.05) is 12.4 Å². The molecule has 5 nitrogen and oxygen atoms in total. The van der Waals surface area contributed by atoms with Gasteiger partial charge < -0.3 is 26.1 Å². The van der Waals surface area contributed by atoms with Crippen molar-refractivity contribution >= 4 is 17.3 Å². The molecule has 0 saturated carbocycles. The number of hydrogen-bond donors (Lipinski definition) is 2. The molecule has 0 fully saturated rings. The third-order valence-corrected chi connectivity index (χ3v) is 2.63. The molecular formula is C14H13N2NaO3. The van der Waals surface area contributed by atoms with Crippen molar-refractivity contribution in [3.8, 4) is 11.5 Å². The van der Waals surface area contributed by atoms with E-state index in [1.165, 1.54) is 0 Å². The van der Waals surface area contributed by atoms with Crippen LogP contribution in [0.15, 0.2) is 42.5 Å². The van der Waals surface area contributed by atoms with Crippen LogP contribution in [0.1, 0.15) is 5.56 Å². The summed E-state index contributed by atoms with van der Waals surface area (Å²) in [6.45, 7) is 0. The minimum Gasteiger partial charge on any atom is -0.550 e. The number of hydrogen-bond acceptors (Lipinski definition) is 5. The molecule has 98 valence electrons. The second-order valence-corrected chi connectivity index (χ2v) is 4.02. The first-order chi connectivity index (χ1) is 9.08. The molecule has 0 saturated heterocycles. The number of para-hydroxylation sites is 3. The molecule has 0 unspecified atom stereocenters. The Labute approximate surface area is 138 Å². The molecule has 0 atom stereocenters. The average molecular weight is 280 g/mol. The zero-order chi connectivity index (χ0) is 13.8. The zero-order valence-corrected chi connectivity index (χ0v) is 13.1. The fourth-order valence-corrected chi connectivity index (χ4v) is 1.68. The molecule has 0 heterocycles. The van der Waals surface area contributed by atoms with Gasteiger partial charge in [-0.1, -0.05) is 24.3 Å². The van der Waals surface area contributed by atoms with Crippen LogP contribution < -0.4 is 50.9 Å². The van der Waals surface area contributed by atoms with Gasteiger partial charge in [0.25, 0.3) is 0 Å². The molecule has 0 radical (unpaired) electrons. The number of ether oxygens (including phenoxy) is 1. The van der Waals surface area contributed by atoms with Crippen molar-refractivity contribution in [1.29, 1.82) is 0 Å². The SMILES string of the molecule is Nc1ccccc1Oc1cccc(CC(=O)[O-])c1N.[Na+]. The normalized spacial score (nSPS) is 9.60. The molecule has 0 bridgehead atoms. The Bertz CT molecular complexity index is 617. The Balaban J connectivity index is 0.00000200. The van der Waals surface area contributed by atoms with Crippen LogP contribution in [0.25, 0.3) is 0 Å². The molecule has 20 heavy (non-hydrogen) atoms. The van der Waals surface area contributed by atoms with Gasteiger partial charge in [0.2, 0.25) is 0 Å². The van der Waals surface area contributed by atoms with Gasteiger partial charge in [-0.2, -0.15) is 0 Å². The third kappa shape index (κ3) is 3.90. The molecule has 0 aromatic heterocycles. The van der Waals surface area contributed by atoms with Gasteiger partial charge >= 0.3 is 29.6 Å². The van der Waals surface area contributed by atoms with E-state index in [0.29, 0.717) is 22.7 Å². The first-order valence-corrected chi connectivity index (χ1v) is 5.67. The van der Waals surface area contributed by atoms with Crippen LogP contribution in [0.2, 0.25) is 0 Å². The monoisotopic (exact) mass is 280 g/mol. The minimum absolute atomic E-state index is 0. The van der Waals surface area contributed by atoms with Gasteiger partial charge in [-0.15, -0.1) is 0 Å². The summed E-state index contributed by atoms with van der Waals surface area (Å²) in [5, 5.41) is 10.6. The predicted octanol–water partition coefficient (Wildman–Crippen LogP) is -2.06. The minimum atomic E-state index is -1.19. The van der Waals surface area contributed by atoms with Gasteiger partial charge in [0.1, 0.15) is 5.75 Å². The van der Waals surface area contributed by atoms with Gasteiger partial charge in [-0.05, 0) is 23.8 Å². The van der Waals surface area contributed by atoms with Crippen LogP contribution in [0, 0.1) is 0 Å². The number of nitrogen functional groups attached to an aromatic ring is 2. The largest absolute Gasteiger partial charge is 1.00 e. The topological polar surface area (TPSA) is 101 Å². The standard InChI is InChI=1S/C14H14N2O3.Na/c15-10-5-1-2-6-11(10)19-12-7-3-4-9(14(12)16)8-13(17)18;/h1-7H,8,15-16H2,(H,17,18);/q;+1/p-1. The summed E-state index contributed by atoms with van der Waals surface area (Å²) < 4.78 is 5.60. The second-order valence-electron chi connectivity index (χ2n) is 4.02. The van der Waals surface area contributed by atoms with E-state index in [1.54, 1.807) is 42.5 Å². The van der Waals surface area contributed by atoms with Crippen LogP contribution >= 0.6 is 0 Å². The van der Waals surface area contributed by atoms with E-state index < -0.39 is 5.97 Å². The number of rotatable bonds is 4. The maximum atomic E-state index is 10.6. The van der Waals surface area contributed by atoms with Gasteiger partial charge in [-0.25, -0.2) is 0 Å². The first-order valence-electron chi connectivity index (χ1n) is 5.67. The summed E-state index contributed by atoms with van der Waals surface area (Å²) in [4.78, 5) is 10.6. The fourth-order valence-electron chi connectivity index (χ4n) is 1.68. The molecule has 0 aliphatic rings. The van der Waals surface area contributed by atoms with E-state index >= 15 is 0 Å². The zero-order valence-electron chi connectivity index (χ0n) is 11.1. The molecule has 0 amide bonds. The van der Waals surface area contributed by atoms with E-state index in [0.717, 1.165) is 0 Å². The van der Waals surface area contributed by atoms with E-state index in [4.69, 9.17) is 16.2 Å². The molecular weight excluding hydrogens is 267 g/mol. The number of carboxylic acid groups (broad SMARTS) is 1. The number of anilines is 2. The number of carbonyl (C=O) groups excluding carboxylic acids is 1. The number of nitrogens with two attached hydrogens (primary N) is 2. The third-order valence-electron chi connectivity index (χ3n) is 2.63. The predicted molar refractivity (Wildman–Crippen MR) is 70.5 cm³/mol. The summed E-state index contributed by atoms with van der Waals surface area (Å²) in [7, 11) is 0. The van der Waals surface area contributed by atoms with Crippen LogP contribution in [-0.2, 0) is 11.2 Å². The summed E-state index contributed by atoms with van der Waals surface area (Å²) in [5.41, 5.74) is 12.8. The van der Waals surface area contributed by atoms with E-state index in [1.807, 2.05) is 0 Å². The Hall–Kier alpha value is -1.69. The van der Waals surface area contributed by atoms with Crippen molar-refractivity contribution in [2.75, 3.05) is 11.5 Å². The van der Waals surface area contributed by atoms with Gasteiger partial charge in [0.15, 0.2) is 5.75 Å². The molecule has 6 heteroatoms. The fraction of sp³-hybridized carbons (Fsp3) is 0.0714. The number of benzene rings is 2. The Morgan fingerprint density at radius 3 is 2.35 bits per heavy atom. The number of aliphatic carboxylic acids is 1. The molecule has 0 aliphatic heterocycles. The van der Waals surface area contributed by atoms with E-state index in [2.05, 4.69) is 0 Å². The van der Waals surface area contributed by atoms with Gasteiger partial charge in [0.05, 0.1) is 11.4 Å². The van der Waals surface area contributed by atoms with Crippen molar-refractivity contribution in [1.82, 2.24) is 0 Å². The number of carboxylic acids is 1. The quantitative estimate of drug-likeness (QED) is 0.495. The molecule has 0 spiro atoms. The first kappa shape index (κ1) is 16.4. The summed E-state index contributed by atoms with van der Waals surface area (Å²) in [6.07, 6.45) is -0.257. The van der Waals surface area contributed by atoms with Crippen molar-refractivity contribution in [2.45, 2.75) is 6.42 Å². The van der Waals surface area contributed by atoms with Crippen molar-refractivity contribution in [3.05, 3.63) is 48.0 Å². The second kappa shape index (κ2) is 7.19. The van der Waals surface area contributed by atoms with Crippen LogP contribution in [-0.4, -0.2) is 5.97 Å². The molecule has 2 aromatic rings.